The number of methoxy groups -OCH3 is 1. The number of nitrogens with zero attached hydrogens (tertiary/aromatic N) is 1. The van der Waals surface area contributed by atoms with E-state index in [0.717, 1.165) is 18.0 Å². The van der Waals surface area contributed by atoms with Gasteiger partial charge in [-0.15, -0.1) is 5.06 Å². The minimum Gasteiger partial charge on any atom is -0.385 e. The number of rotatable bonds is 8. The van der Waals surface area contributed by atoms with E-state index < -0.39 is 11.8 Å². The Balaban J connectivity index is 0.00000220. The van der Waals surface area contributed by atoms with Gasteiger partial charge in [-0.1, -0.05) is 19.6 Å². The van der Waals surface area contributed by atoms with Gasteiger partial charge in [-0.3, -0.25) is 14.4 Å². The van der Waals surface area contributed by atoms with Gasteiger partial charge in [0.15, 0.2) is 0 Å². The molecule has 0 radical (unpaired) electrons. The summed E-state index contributed by atoms with van der Waals surface area (Å²) in [5.74, 6) is -0.796. The molecule has 1 aliphatic heterocycles. The van der Waals surface area contributed by atoms with Crippen LogP contribution in [0.4, 0.5) is 0 Å². The van der Waals surface area contributed by atoms with Crippen LogP contribution in [0.3, 0.4) is 0 Å². The third-order valence-corrected chi connectivity index (χ3v) is 2.96. The Morgan fingerprint density at radius 2 is 1.67 bits per heavy atom. The van der Waals surface area contributed by atoms with Crippen molar-refractivity contribution in [2.75, 3.05) is 33.4 Å². The molecule has 0 fully saturated rings. The van der Waals surface area contributed by atoms with Gasteiger partial charge in [0.25, 0.3) is 11.8 Å². The molecule has 0 saturated carbocycles. The smallest absolute Gasteiger partial charge is 0.285 e. The van der Waals surface area contributed by atoms with Gasteiger partial charge in [0, 0.05) is 20.3 Å². The molecule has 1 heterocycles. The summed E-state index contributed by atoms with van der Waals surface area (Å²) in [7, 11) is 1.66. The molecule has 0 aliphatic carbocycles. The summed E-state index contributed by atoms with van der Waals surface area (Å²) in [4.78, 5) is 29.2. The predicted molar refractivity (Wildman–Crippen MR) is 79.0 cm³/mol. The number of hydrogen-bond acceptors (Lipinski definition) is 5. The standard InChI is InChI=1S/C14H18N2O4.CH4/c1-19-9-4-7-15-8-10-20-16-13(17)11-5-2-3-6-12(11)14(16)18;/h2-3,5-6,15H,4,7-10H2,1H3;1H4. The molecule has 116 valence electrons. The van der Waals surface area contributed by atoms with Gasteiger partial charge in [0.1, 0.15) is 0 Å². The molecule has 0 saturated heterocycles. The van der Waals surface area contributed by atoms with Crippen molar-refractivity contribution in [1.82, 2.24) is 10.4 Å². The molecule has 0 unspecified atom stereocenters. The van der Waals surface area contributed by atoms with Crippen molar-refractivity contribution in [1.29, 1.82) is 0 Å². The Labute approximate surface area is 125 Å². The molecule has 0 aromatic heterocycles. The minimum absolute atomic E-state index is 0. The first-order valence-corrected chi connectivity index (χ1v) is 6.56. The average Bonchev–Trinajstić information content (AvgIpc) is 2.71. The number of hydrogen-bond donors (Lipinski definition) is 1. The van der Waals surface area contributed by atoms with Crippen LogP contribution >= 0.6 is 0 Å². The first-order chi connectivity index (χ1) is 9.75. The fraction of sp³-hybridized carbons (Fsp3) is 0.467. The number of carbonyl (C=O) groups excluding carboxylic acids is 2. The van der Waals surface area contributed by atoms with Crippen LogP contribution in [0.15, 0.2) is 24.3 Å². The number of imide groups is 1. The quantitative estimate of drug-likeness (QED) is 0.581. The molecule has 6 nitrogen and oxygen atoms in total. The molecule has 2 amide bonds. The Morgan fingerprint density at radius 3 is 2.24 bits per heavy atom. The second kappa shape index (κ2) is 8.51. The Bertz CT molecular complexity index is 455. The molecule has 2 rings (SSSR count). The molecule has 6 heteroatoms. The van der Waals surface area contributed by atoms with E-state index in [1.807, 2.05) is 0 Å². The molecule has 1 N–H and O–H groups in total. The van der Waals surface area contributed by atoms with Gasteiger partial charge in [0.2, 0.25) is 0 Å². The summed E-state index contributed by atoms with van der Waals surface area (Å²) in [6, 6.07) is 6.71. The van der Waals surface area contributed by atoms with E-state index in [4.69, 9.17) is 9.57 Å². The molecule has 1 aliphatic rings. The molecule has 0 spiro atoms. The SMILES string of the molecule is C.COCCCNCCON1C(=O)c2ccccc2C1=O. The third kappa shape index (κ3) is 4.10. The monoisotopic (exact) mass is 294 g/mol. The van der Waals surface area contributed by atoms with Gasteiger partial charge in [-0.25, -0.2) is 0 Å². The van der Waals surface area contributed by atoms with Crippen LogP contribution in [-0.2, 0) is 9.57 Å². The molecule has 21 heavy (non-hydrogen) atoms. The highest BCUT2D eigenvalue weighted by Gasteiger charge is 2.36. The topological polar surface area (TPSA) is 67.9 Å². The summed E-state index contributed by atoms with van der Waals surface area (Å²) < 4.78 is 4.92. The lowest BCUT2D eigenvalue weighted by Crippen LogP contribution is -2.33. The Morgan fingerprint density at radius 1 is 1.05 bits per heavy atom. The van der Waals surface area contributed by atoms with Gasteiger partial charge in [-0.2, -0.15) is 0 Å². The predicted octanol–water partition coefficient (Wildman–Crippen LogP) is 1.48. The summed E-state index contributed by atoms with van der Waals surface area (Å²) in [6.07, 6.45) is 0.906. The second-order valence-electron chi connectivity index (χ2n) is 4.38. The molecule has 1 aromatic rings. The van der Waals surface area contributed by atoms with E-state index in [2.05, 4.69) is 5.32 Å². The van der Waals surface area contributed by atoms with E-state index in [1.165, 1.54) is 0 Å². The summed E-state index contributed by atoms with van der Waals surface area (Å²) in [6.45, 7) is 2.33. The van der Waals surface area contributed by atoms with Crippen LogP contribution in [0.25, 0.3) is 0 Å². The summed E-state index contributed by atoms with van der Waals surface area (Å²) in [5.41, 5.74) is 0.788. The Kier molecular flexibility index (Phi) is 7.01. The molecular weight excluding hydrogens is 272 g/mol. The highest BCUT2D eigenvalue weighted by atomic mass is 16.7. The maximum atomic E-state index is 12.0. The van der Waals surface area contributed by atoms with Crippen molar-refractivity contribution in [2.45, 2.75) is 13.8 Å². The molecular formula is C15H22N2O4. The molecule has 0 bridgehead atoms. The molecule has 0 atom stereocenters. The van der Waals surface area contributed by atoms with Crippen LogP contribution in [0.1, 0.15) is 34.6 Å². The number of hydroxylamine groups is 2. The van der Waals surface area contributed by atoms with E-state index in [0.29, 0.717) is 24.3 Å². The van der Waals surface area contributed by atoms with Crippen molar-refractivity contribution < 1.29 is 19.2 Å². The number of ether oxygens (including phenoxy) is 1. The fourth-order valence-corrected chi connectivity index (χ4v) is 1.96. The maximum absolute atomic E-state index is 12.0. The zero-order valence-electron chi connectivity index (χ0n) is 11.4. The van der Waals surface area contributed by atoms with Crippen LogP contribution < -0.4 is 5.32 Å². The van der Waals surface area contributed by atoms with Crippen LogP contribution in [-0.4, -0.2) is 50.3 Å². The number of fused-ring (bicyclic) bond motifs is 1. The number of nitrogens with one attached hydrogen (secondary N) is 1. The van der Waals surface area contributed by atoms with Gasteiger partial charge in [0.05, 0.1) is 17.7 Å². The van der Waals surface area contributed by atoms with E-state index in [1.54, 1.807) is 31.4 Å². The Hall–Kier alpha value is -1.76. The summed E-state index contributed by atoms with van der Waals surface area (Å²) >= 11 is 0. The van der Waals surface area contributed by atoms with Crippen molar-refractivity contribution in [2.24, 2.45) is 0 Å². The lowest BCUT2D eigenvalue weighted by molar-refractivity contribution is -0.0897. The number of amides is 2. The zero-order chi connectivity index (χ0) is 14.4. The first-order valence-electron chi connectivity index (χ1n) is 6.56. The highest BCUT2D eigenvalue weighted by Crippen LogP contribution is 2.22. The van der Waals surface area contributed by atoms with E-state index in [9.17, 15) is 9.59 Å². The van der Waals surface area contributed by atoms with E-state index in [-0.39, 0.29) is 14.0 Å². The fourth-order valence-electron chi connectivity index (χ4n) is 1.96. The first kappa shape index (κ1) is 17.3. The van der Waals surface area contributed by atoms with Gasteiger partial charge < -0.3 is 10.1 Å². The van der Waals surface area contributed by atoms with Crippen LogP contribution in [0.2, 0.25) is 0 Å². The molecule has 1 aromatic carbocycles. The van der Waals surface area contributed by atoms with E-state index >= 15 is 0 Å². The van der Waals surface area contributed by atoms with Crippen molar-refractivity contribution in [3.63, 3.8) is 0 Å². The normalized spacial score (nSPS) is 13.3. The number of benzene rings is 1. The second-order valence-corrected chi connectivity index (χ2v) is 4.38. The number of carbonyl (C=O) groups is 2. The van der Waals surface area contributed by atoms with Gasteiger partial charge >= 0.3 is 0 Å². The van der Waals surface area contributed by atoms with Crippen molar-refractivity contribution in [3.05, 3.63) is 35.4 Å². The average molecular weight is 294 g/mol. The minimum atomic E-state index is -0.398. The van der Waals surface area contributed by atoms with Crippen molar-refractivity contribution >= 4 is 11.8 Å². The summed E-state index contributed by atoms with van der Waals surface area (Å²) in [5, 5.41) is 3.98. The zero-order valence-corrected chi connectivity index (χ0v) is 11.4. The van der Waals surface area contributed by atoms with Crippen LogP contribution in [0, 0.1) is 0 Å². The lowest BCUT2D eigenvalue weighted by Gasteiger charge is -2.13. The maximum Gasteiger partial charge on any atom is 0.285 e. The largest absolute Gasteiger partial charge is 0.385 e. The van der Waals surface area contributed by atoms with Crippen molar-refractivity contribution in [3.8, 4) is 0 Å². The lowest BCUT2D eigenvalue weighted by atomic mass is 10.1. The van der Waals surface area contributed by atoms with Gasteiger partial charge in [-0.05, 0) is 25.1 Å². The highest BCUT2D eigenvalue weighted by molar-refractivity contribution is 6.20. The third-order valence-electron chi connectivity index (χ3n) is 2.96. The van der Waals surface area contributed by atoms with Crippen LogP contribution in [0.5, 0.6) is 0 Å².